The fourth-order valence-electron chi connectivity index (χ4n) is 3.19. The summed E-state index contributed by atoms with van der Waals surface area (Å²) in [6.45, 7) is 3.19. The summed E-state index contributed by atoms with van der Waals surface area (Å²) < 4.78 is 0. The van der Waals surface area contributed by atoms with Crippen molar-refractivity contribution >= 4 is 11.8 Å². The number of hydrogen-bond acceptors (Lipinski definition) is 3. The molecule has 1 aromatic heterocycles. The molecule has 0 bridgehead atoms. The smallest absolute Gasteiger partial charge is 0.272 e. The molecule has 5 heteroatoms. The highest BCUT2D eigenvalue weighted by molar-refractivity contribution is 5.96. The van der Waals surface area contributed by atoms with E-state index in [0.717, 1.165) is 51.9 Å². The molecule has 2 amide bonds. The number of hydrogen-bond donors (Lipinski definition) is 0. The van der Waals surface area contributed by atoms with Gasteiger partial charge >= 0.3 is 0 Å². The van der Waals surface area contributed by atoms with E-state index in [1.165, 1.54) is 12.8 Å². The van der Waals surface area contributed by atoms with Gasteiger partial charge in [0.25, 0.3) is 11.8 Å². The normalized spacial score (nSPS) is 19.1. The topological polar surface area (TPSA) is 53.5 Å². The molecule has 2 saturated heterocycles. The molecule has 118 valence electrons. The van der Waals surface area contributed by atoms with Crippen molar-refractivity contribution in [1.82, 2.24) is 14.8 Å². The molecule has 0 aliphatic carbocycles. The lowest BCUT2D eigenvalue weighted by molar-refractivity contribution is 0.0754. The van der Waals surface area contributed by atoms with Crippen LogP contribution in [0.25, 0.3) is 0 Å². The van der Waals surface area contributed by atoms with E-state index in [0.29, 0.717) is 11.4 Å². The molecular weight excluding hydrogens is 278 g/mol. The zero-order valence-corrected chi connectivity index (χ0v) is 13.0. The van der Waals surface area contributed by atoms with Gasteiger partial charge in [0, 0.05) is 26.2 Å². The highest BCUT2D eigenvalue weighted by Crippen LogP contribution is 2.15. The maximum absolute atomic E-state index is 12.6. The summed E-state index contributed by atoms with van der Waals surface area (Å²) in [7, 11) is 0. The number of likely N-dealkylation sites (tertiary alicyclic amines) is 2. The van der Waals surface area contributed by atoms with Gasteiger partial charge in [-0.1, -0.05) is 18.9 Å². The maximum atomic E-state index is 12.6. The quantitative estimate of drug-likeness (QED) is 0.842. The van der Waals surface area contributed by atoms with Gasteiger partial charge in [-0.25, -0.2) is 4.98 Å². The van der Waals surface area contributed by atoms with E-state index in [1.54, 1.807) is 18.2 Å². The fourth-order valence-corrected chi connectivity index (χ4v) is 3.19. The average Bonchev–Trinajstić information content (AvgIpc) is 2.96. The van der Waals surface area contributed by atoms with Crippen LogP contribution in [0.5, 0.6) is 0 Å². The first kappa shape index (κ1) is 15.0. The summed E-state index contributed by atoms with van der Waals surface area (Å²) in [6.07, 6.45) is 6.59. The van der Waals surface area contributed by atoms with E-state index < -0.39 is 0 Å². The monoisotopic (exact) mass is 301 g/mol. The van der Waals surface area contributed by atoms with E-state index in [-0.39, 0.29) is 11.8 Å². The van der Waals surface area contributed by atoms with Crippen LogP contribution >= 0.6 is 0 Å². The Bertz CT molecular complexity index is 545. The van der Waals surface area contributed by atoms with Crippen LogP contribution in [0.1, 0.15) is 59.5 Å². The van der Waals surface area contributed by atoms with Crippen LogP contribution in [0.15, 0.2) is 18.2 Å². The van der Waals surface area contributed by atoms with Gasteiger partial charge in [-0.15, -0.1) is 0 Å². The molecule has 0 unspecified atom stereocenters. The van der Waals surface area contributed by atoms with Crippen LogP contribution in [0.4, 0.5) is 0 Å². The molecule has 3 rings (SSSR count). The molecule has 2 aliphatic rings. The average molecular weight is 301 g/mol. The number of amides is 2. The molecule has 1 aromatic rings. The number of carbonyl (C=O) groups excluding carboxylic acids is 2. The van der Waals surface area contributed by atoms with Gasteiger partial charge in [-0.3, -0.25) is 9.59 Å². The summed E-state index contributed by atoms with van der Waals surface area (Å²) in [6, 6.07) is 5.19. The number of pyridine rings is 1. The van der Waals surface area contributed by atoms with E-state index in [1.807, 2.05) is 9.80 Å². The number of carbonyl (C=O) groups is 2. The molecule has 2 fully saturated rings. The van der Waals surface area contributed by atoms with Crippen molar-refractivity contribution in [2.75, 3.05) is 26.2 Å². The predicted molar refractivity (Wildman–Crippen MR) is 83.7 cm³/mol. The third-order valence-corrected chi connectivity index (χ3v) is 4.47. The Kier molecular flexibility index (Phi) is 4.71. The van der Waals surface area contributed by atoms with Gasteiger partial charge in [-0.05, 0) is 37.8 Å². The van der Waals surface area contributed by atoms with Crippen molar-refractivity contribution in [1.29, 1.82) is 0 Å². The third kappa shape index (κ3) is 3.29. The highest BCUT2D eigenvalue weighted by Gasteiger charge is 2.23. The van der Waals surface area contributed by atoms with Crippen molar-refractivity contribution in [3.8, 4) is 0 Å². The minimum atomic E-state index is -0.0528. The molecule has 0 atom stereocenters. The lowest BCUT2D eigenvalue weighted by Crippen LogP contribution is -2.33. The number of nitrogens with zero attached hydrogens (tertiary/aromatic N) is 3. The van der Waals surface area contributed by atoms with Gasteiger partial charge in [0.15, 0.2) is 0 Å². The van der Waals surface area contributed by atoms with E-state index >= 15 is 0 Å². The molecule has 0 aromatic carbocycles. The minimum absolute atomic E-state index is 0.0435. The summed E-state index contributed by atoms with van der Waals surface area (Å²) in [5.41, 5.74) is 0.787. The Morgan fingerprint density at radius 1 is 0.727 bits per heavy atom. The number of rotatable bonds is 2. The molecule has 22 heavy (non-hydrogen) atoms. The van der Waals surface area contributed by atoms with Crippen LogP contribution < -0.4 is 0 Å². The van der Waals surface area contributed by atoms with E-state index in [4.69, 9.17) is 0 Å². The molecule has 0 radical (unpaired) electrons. The zero-order valence-electron chi connectivity index (χ0n) is 13.0. The Morgan fingerprint density at radius 3 is 1.59 bits per heavy atom. The SMILES string of the molecule is O=C(c1cccc(C(=O)N2CCCC2)n1)N1CCCCCC1. The third-order valence-electron chi connectivity index (χ3n) is 4.47. The Hall–Kier alpha value is -1.91. The van der Waals surface area contributed by atoms with Gasteiger partial charge in [0.2, 0.25) is 0 Å². The molecule has 0 saturated carbocycles. The van der Waals surface area contributed by atoms with Crippen LogP contribution in [-0.4, -0.2) is 52.8 Å². The van der Waals surface area contributed by atoms with Crippen molar-refractivity contribution in [3.05, 3.63) is 29.6 Å². The largest absolute Gasteiger partial charge is 0.337 e. The van der Waals surface area contributed by atoms with Gasteiger partial charge in [-0.2, -0.15) is 0 Å². The van der Waals surface area contributed by atoms with Crippen LogP contribution in [-0.2, 0) is 0 Å². The summed E-state index contributed by atoms with van der Waals surface area (Å²) in [4.78, 5) is 33.0. The summed E-state index contributed by atoms with van der Waals surface area (Å²) in [5.74, 6) is -0.0963. The predicted octanol–water partition coefficient (Wildman–Crippen LogP) is 2.33. The molecule has 3 heterocycles. The van der Waals surface area contributed by atoms with Gasteiger partial charge < -0.3 is 9.80 Å². The van der Waals surface area contributed by atoms with Crippen molar-refractivity contribution in [3.63, 3.8) is 0 Å². The minimum Gasteiger partial charge on any atom is -0.337 e. The highest BCUT2D eigenvalue weighted by atomic mass is 16.2. The van der Waals surface area contributed by atoms with E-state index in [9.17, 15) is 9.59 Å². The van der Waals surface area contributed by atoms with E-state index in [2.05, 4.69) is 4.98 Å². The maximum Gasteiger partial charge on any atom is 0.272 e. The second-order valence-electron chi connectivity index (χ2n) is 6.11. The summed E-state index contributed by atoms with van der Waals surface area (Å²) >= 11 is 0. The Balaban J connectivity index is 1.75. The fraction of sp³-hybridized carbons (Fsp3) is 0.588. The first-order chi connectivity index (χ1) is 10.8. The molecule has 2 aliphatic heterocycles. The van der Waals surface area contributed by atoms with Crippen LogP contribution in [0, 0.1) is 0 Å². The lowest BCUT2D eigenvalue weighted by Gasteiger charge is -2.20. The first-order valence-electron chi connectivity index (χ1n) is 8.31. The zero-order chi connectivity index (χ0) is 15.4. The van der Waals surface area contributed by atoms with Crippen molar-refractivity contribution in [2.45, 2.75) is 38.5 Å². The summed E-state index contributed by atoms with van der Waals surface area (Å²) in [5, 5.41) is 0. The van der Waals surface area contributed by atoms with Gasteiger partial charge in [0.05, 0.1) is 0 Å². The number of aromatic nitrogens is 1. The van der Waals surface area contributed by atoms with Crippen LogP contribution in [0.2, 0.25) is 0 Å². The standard InChI is InChI=1S/C17H23N3O2/c21-16(19-10-3-1-2-4-11-19)14-8-7-9-15(18-14)17(22)20-12-5-6-13-20/h7-9H,1-6,10-13H2. The van der Waals surface area contributed by atoms with Crippen LogP contribution in [0.3, 0.4) is 0 Å². The molecule has 0 spiro atoms. The van der Waals surface area contributed by atoms with Crippen molar-refractivity contribution < 1.29 is 9.59 Å². The van der Waals surface area contributed by atoms with Crippen molar-refractivity contribution in [2.24, 2.45) is 0 Å². The Morgan fingerprint density at radius 2 is 1.14 bits per heavy atom. The molecule has 0 N–H and O–H groups in total. The van der Waals surface area contributed by atoms with Gasteiger partial charge in [0.1, 0.15) is 11.4 Å². The Labute approximate surface area is 131 Å². The first-order valence-corrected chi connectivity index (χ1v) is 8.31. The molecule has 5 nitrogen and oxygen atoms in total. The second kappa shape index (κ2) is 6.90. The lowest BCUT2D eigenvalue weighted by atomic mass is 10.2. The second-order valence-corrected chi connectivity index (χ2v) is 6.11. The molecular formula is C17H23N3O2.